The summed E-state index contributed by atoms with van der Waals surface area (Å²) in [6.07, 6.45) is 1.53. The standard InChI is InChI=1S/C11H19NO3/c1-8-5-6-12(10(8)7-13)11(15)4-3-9(2)14/h8,10,13H,3-7H2,1-2H3. The second-order valence-electron chi connectivity index (χ2n) is 4.31. The molecule has 2 unspecified atom stereocenters. The SMILES string of the molecule is CC(=O)CCC(=O)N1CCC(C)C1CO. The average molecular weight is 213 g/mol. The molecule has 2 atom stereocenters. The predicted molar refractivity (Wildman–Crippen MR) is 56.3 cm³/mol. The normalized spacial score (nSPS) is 25.7. The maximum Gasteiger partial charge on any atom is 0.223 e. The van der Waals surface area contributed by atoms with E-state index in [2.05, 4.69) is 0 Å². The van der Waals surface area contributed by atoms with E-state index in [0.29, 0.717) is 18.9 Å². The number of Topliss-reactive ketones (excluding diaryl/α,β-unsaturated/α-hetero) is 1. The number of aliphatic hydroxyl groups excluding tert-OH is 1. The molecule has 1 heterocycles. The lowest BCUT2D eigenvalue weighted by Crippen LogP contribution is -2.39. The zero-order chi connectivity index (χ0) is 11.4. The molecule has 0 saturated carbocycles. The minimum atomic E-state index is -0.0514. The fourth-order valence-electron chi connectivity index (χ4n) is 2.02. The number of ketones is 1. The molecule has 86 valence electrons. The van der Waals surface area contributed by atoms with Crippen LogP contribution in [-0.2, 0) is 9.59 Å². The van der Waals surface area contributed by atoms with E-state index in [-0.39, 0.29) is 30.8 Å². The van der Waals surface area contributed by atoms with Gasteiger partial charge in [0.1, 0.15) is 5.78 Å². The smallest absolute Gasteiger partial charge is 0.223 e. The Labute approximate surface area is 90.3 Å². The summed E-state index contributed by atoms with van der Waals surface area (Å²) >= 11 is 0. The molecule has 15 heavy (non-hydrogen) atoms. The zero-order valence-electron chi connectivity index (χ0n) is 9.40. The number of aliphatic hydroxyl groups is 1. The van der Waals surface area contributed by atoms with Crippen LogP contribution in [0.25, 0.3) is 0 Å². The van der Waals surface area contributed by atoms with Crippen LogP contribution in [0.15, 0.2) is 0 Å². The molecule has 1 aliphatic heterocycles. The van der Waals surface area contributed by atoms with Crippen molar-refractivity contribution in [1.82, 2.24) is 4.90 Å². The van der Waals surface area contributed by atoms with Crippen molar-refractivity contribution in [1.29, 1.82) is 0 Å². The van der Waals surface area contributed by atoms with Gasteiger partial charge in [-0.3, -0.25) is 4.79 Å². The first kappa shape index (κ1) is 12.2. The van der Waals surface area contributed by atoms with Crippen LogP contribution in [0, 0.1) is 5.92 Å². The van der Waals surface area contributed by atoms with Crippen LogP contribution in [0.2, 0.25) is 0 Å². The van der Waals surface area contributed by atoms with E-state index in [9.17, 15) is 14.7 Å². The third kappa shape index (κ3) is 3.02. The van der Waals surface area contributed by atoms with Crippen LogP contribution in [-0.4, -0.2) is 40.9 Å². The number of hydrogen-bond donors (Lipinski definition) is 1. The van der Waals surface area contributed by atoms with Crippen LogP contribution in [0.5, 0.6) is 0 Å². The lowest BCUT2D eigenvalue weighted by Gasteiger charge is -2.25. The van der Waals surface area contributed by atoms with Gasteiger partial charge in [-0.25, -0.2) is 0 Å². The Morgan fingerprint density at radius 1 is 1.40 bits per heavy atom. The van der Waals surface area contributed by atoms with Gasteiger partial charge in [0.05, 0.1) is 12.6 Å². The van der Waals surface area contributed by atoms with Crippen LogP contribution in [0.1, 0.15) is 33.1 Å². The molecule has 1 amide bonds. The summed E-state index contributed by atoms with van der Waals surface area (Å²) in [7, 11) is 0. The molecular formula is C11H19NO3. The molecule has 0 aromatic heterocycles. The van der Waals surface area contributed by atoms with Crippen molar-refractivity contribution in [2.75, 3.05) is 13.2 Å². The first-order valence-corrected chi connectivity index (χ1v) is 5.46. The van der Waals surface area contributed by atoms with Gasteiger partial charge >= 0.3 is 0 Å². The monoisotopic (exact) mass is 213 g/mol. The third-order valence-corrected chi connectivity index (χ3v) is 3.08. The molecule has 0 bridgehead atoms. The van der Waals surface area contributed by atoms with E-state index in [1.165, 1.54) is 6.92 Å². The van der Waals surface area contributed by atoms with E-state index < -0.39 is 0 Å². The Morgan fingerprint density at radius 3 is 2.60 bits per heavy atom. The van der Waals surface area contributed by atoms with Crippen molar-refractivity contribution in [3.8, 4) is 0 Å². The number of hydrogen-bond acceptors (Lipinski definition) is 3. The van der Waals surface area contributed by atoms with Crippen molar-refractivity contribution in [2.24, 2.45) is 5.92 Å². The summed E-state index contributed by atoms with van der Waals surface area (Å²) in [4.78, 5) is 24.2. The van der Waals surface area contributed by atoms with E-state index in [1.807, 2.05) is 6.92 Å². The van der Waals surface area contributed by atoms with Crippen molar-refractivity contribution < 1.29 is 14.7 Å². The Bertz CT molecular complexity index is 252. The molecule has 1 fully saturated rings. The Kier molecular flexibility index (Phi) is 4.27. The summed E-state index contributed by atoms with van der Waals surface area (Å²) in [5.41, 5.74) is 0. The molecule has 0 spiro atoms. The van der Waals surface area contributed by atoms with Crippen molar-refractivity contribution in [3.05, 3.63) is 0 Å². The lowest BCUT2D eigenvalue weighted by atomic mass is 10.0. The number of carbonyl (C=O) groups excluding carboxylic acids is 2. The topological polar surface area (TPSA) is 57.6 Å². The number of nitrogens with zero attached hydrogens (tertiary/aromatic N) is 1. The van der Waals surface area contributed by atoms with Crippen LogP contribution in [0.3, 0.4) is 0 Å². The van der Waals surface area contributed by atoms with Crippen LogP contribution in [0.4, 0.5) is 0 Å². The predicted octanol–water partition coefficient (Wildman–Crippen LogP) is 0.585. The van der Waals surface area contributed by atoms with Gasteiger partial charge in [-0.15, -0.1) is 0 Å². The fraction of sp³-hybridized carbons (Fsp3) is 0.818. The molecule has 1 aliphatic rings. The second kappa shape index (κ2) is 5.26. The van der Waals surface area contributed by atoms with Gasteiger partial charge in [0.25, 0.3) is 0 Å². The summed E-state index contributed by atoms with van der Waals surface area (Å²) in [5, 5.41) is 9.17. The summed E-state index contributed by atoms with van der Waals surface area (Å²) in [5.74, 6) is 0.390. The maximum atomic E-state index is 11.7. The summed E-state index contributed by atoms with van der Waals surface area (Å²) < 4.78 is 0. The van der Waals surface area contributed by atoms with E-state index in [1.54, 1.807) is 4.90 Å². The lowest BCUT2D eigenvalue weighted by molar-refractivity contribution is -0.134. The third-order valence-electron chi connectivity index (χ3n) is 3.08. The minimum Gasteiger partial charge on any atom is -0.394 e. The molecule has 0 aromatic rings. The number of amides is 1. The Balaban J connectivity index is 2.48. The van der Waals surface area contributed by atoms with Gasteiger partial charge < -0.3 is 14.8 Å². The molecule has 1 saturated heterocycles. The van der Waals surface area contributed by atoms with Gasteiger partial charge in [0, 0.05) is 19.4 Å². The van der Waals surface area contributed by atoms with Crippen LogP contribution >= 0.6 is 0 Å². The molecule has 1 rings (SSSR count). The summed E-state index contributed by atoms with van der Waals surface area (Å²) in [6.45, 7) is 4.26. The molecule has 0 aromatic carbocycles. The van der Waals surface area contributed by atoms with Gasteiger partial charge in [0.15, 0.2) is 0 Å². The minimum absolute atomic E-state index is 0.00593. The summed E-state index contributed by atoms with van der Waals surface area (Å²) in [6, 6.07) is -0.0514. The fourth-order valence-corrected chi connectivity index (χ4v) is 2.02. The second-order valence-corrected chi connectivity index (χ2v) is 4.31. The molecule has 0 aliphatic carbocycles. The highest BCUT2D eigenvalue weighted by molar-refractivity contribution is 5.83. The highest BCUT2D eigenvalue weighted by Gasteiger charge is 2.33. The van der Waals surface area contributed by atoms with E-state index in [0.717, 1.165) is 6.42 Å². The molecule has 4 heteroatoms. The van der Waals surface area contributed by atoms with Gasteiger partial charge in [-0.05, 0) is 19.3 Å². The highest BCUT2D eigenvalue weighted by Crippen LogP contribution is 2.24. The Hall–Kier alpha value is -0.900. The first-order valence-electron chi connectivity index (χ1n) is 5.46. The largest absolute Gasteiger partial charge is 0.394 e. The van der Waals surface area contributed by atoms with E-state index >= 15 is 0 Å². The first-order chi connectivity index (χ1) is 7.06. The number of rotatable bonds is 4. The Morgan fingerprint density at radius 2 is 2.07 bits per heavy atom. The van der Waals surface area contributed by atoms with Crippen molar-refractivity contribution >= 4 is 11.7 Å². The number of likely N-dealkylation sites (tertiary alicyclic amines) is 1. The zero-order valence-corrected chi connectivity index (χ0v) is 9.40. The van der Waals surface area contributed by atoms with Crippen LogP contribution < -0.4 is 0 Å². The highest BCUT2D eigenvalue weighted by atomic mass is 16.3. The molecule has 1 N–H and O–H groups in total. The quantitative estimate of drug-likeness (QED) is 0.743. The maximum absolute atomic E-state index is 11.7. The van der Waals surface area contributed by atoms with Gasteiger partial charge in [0.2, 0.25) is 5.91 Å². The average Bonchev–Trinajstić information content (AvgIpc) is 2.55. The van der Waals surface area contributed by atoms with Crippen molar-refractivity contribution in [2.45, 2.75) is 39.2 Å². The van der Waals surface area contributed by atoms with Gasteiger partial charge in [-0.1, -0.05) is 6.92 Å². The molecule has 0 radical (unpaired) electrons. The number of carbonyl (C=O) groups is 2. The molecular weight excluding hydrogens is 194 g/mol. The molecule has 4 nitrogen and oxygen atoms in total. The van der Waals surface area contributed by atoms with Gasteiger partial charge in [-0.2, -0.15) is 0 Å². The van der Waals surface area contributed by atoms with Crippen molar-refractivity contribution in [3.63, 3.8) is 0 Å². The van der Waals surface area contributed by atoms with E-state index in [4.69, 9.17) is 0 Å².